The number of amides is 1. The number of nitrogens with two attached hydrogens (primary N) is 2. The summed E-state index contributed by atoms with van der Waals surface area (Å²) >= 11 is 0. The Labute approximate surface area is 103 Å². The monoisotopic (exact) mass is 265 g/mol. The number of carbonyl (C=O) groups is 1. The third-order valence-electron chi connectivity index (χ3n) is 2.29. The number of carbonyl (C=O) groups excluding carboxylic acids is 1. The fourth-order valence-corrected chi connectivity index (χ4v) is 1.92. The maximum absolute atomic E-state index is 11.3. The predicted molar refractivity (Wildman–Crippen MR) is 67.7 cm³/mol. The molecule has 0 spiro atoms. The molecule has 1 amide bonds. The Morgan fingerprint density at radius 3 is 2.29 bits per heavy atom. The van der Waals surface area contributed by atoms with E-state index in [0.717, 1.165) is 25.7 Å². The Morgan fingerprint density at radius 2 is 1.71 bits per heavy atom. The summed E-state index contributed by atoms with van der Waals surface area (Å²) in [5.74, 6) is -0.129. The van der Waals surface area contributed by atoms with Crippen molar-refractivity contribution < 1.29 is 13.2 Å². The van der Waals surface area contributed by atoms with E-state index < -0.39 is 10.0 Å². The van der Waals surface area contributed by atoms with Crippen molar-refractivity contribution in [3.05, 3.63) is 0 Å². The van der Waals surface area contributed by atoms with E-state index in [2.05, 4.69) is 5.32 Å². The van der Waals surface area contributed by atoms with Crippen LogP contribution in [0.5, 0.6) is 0 Å². The van der Waals surface area contributed by atoms with Gasteiger partial charge in [0.1, 0.15) is 0 Å². The number of hydrogen-bond acceptors (Lipinski definition) is 4. The Bertz CT molecular complexity index is 304. The second-order valence-corrected chi connectivity index (χ2v) is 5.76. The highest BCUT2D eigenvalue weighted by Crippen LogP contribution is 2.01. The molecule has 0 aromatic heterocycles. The molecule has 0 aromatic carbocycles. The van der Waals surface area contributed by atoms with E-state index in [4.69, 9.17) is 10.9 Å². The van der Waals surface area contributed by atoms with Gasteiger partial charge in [-0.05, 0) is 25.8 Å². The van der Waals surface area contributed by atoms with Crippen molar-refractivity contribution in [1.29, 1.82) is 0 Å². The molecule has 5 N–H and O–H groups in total. The van der Waals surface area contributed by atoms with Gasteiger partial charge in [0.2, 0.25) is 15.9 Å². The zero-order valence-electron chi connectivity index (χ0n) is 10.2. The van der Waals surface area contributed by atoms with Gasteiger partial charge in [0, 0.05) is 13.0 Å². The fraction of sp³-hybridized carbons (Fsp3) is 0.900. The predicted octanol–water partition coefficient (Wildman–Crippen LogP) is -0.310. The molecule has 0 rings (SSSR count). The van der Waals surface area contributed by atoms with E-state index in [-0.39, 0.29) is 11.7 Å². The highest BCUT2D eigenvalue weighted by atomic mass is 32.2. The topological polar surface area (TPSA) is 115 Å². The standard InChI is InChI=1S/C10H23N3O3S/c11-7-4-2-1-3-6-10(14)13-8-5-9-17(12,15)16/h1-9,11H2,(H,13,14)(H2,12,15,16). The van der Waals surface area contributed by atoms with Crippen molar-refractivity contribution in [3.8, 4) is 0 Å². The van der Waals surface area contributed by atoms with E-state index >= 15 is 0 Å². The number of hydrogen-bond donors (Lipinski definition) is 3. The van der Waals surface area contributed by atoms with Gasteiger partial charge >= 0.3 is 0 Å². The summed E-state index contributed by atoms with van der Waals surface area (Å²) in [5, 5.41) is 7.49. The van der Waals surface area contributed by atoms with Gasteiger partial charge in [0.05, 0.1) is 5.75 Å². The first-order valence-corrected chi connectivity index (χ1v) is 7.64. The van der Waals surface area contributed by atoms with E-state index in [1.165, 1.54) is 0 Å². The molecule has 0 fully saturated rings. The van der Waals surface area contributed by atoms with Crippen LogP contribution in [-0.2, 0) is 14.8 Å². The summed E-state index contributed by atoms with van der Waals surface area (Å²) in [6.07, 6.45) is 4.74. The Hall–Kier alpha value is -0.660. The molecule has 102 valence electrons. The lowest BCUT2D eigenvalue weighted by molar-refractivity contribution is -0.121. The summed E-state index contributed by atoms with van der Waals surface area (Å²) in [6.45, 7) is 1.05. The maximum Gasteiger partial charge on any atom is 0.219 e. The Balaban J connectivity index is 3.35. The highest BCUT2D eigenvalue weighted by molar-refractivity contribution is 7.89. The second kappa shape index (κ2) is 9.38. The average Bonchev–Trinajstić information content (AvgIpc) is 2.23. The van der Waals surface area contributed by atoms with E-state index in [0.29, 0.717) is 25.9 Å². The van der Waals surface area contributed by atoms with Crippen LogP contribution in [0.3, 0.4) is 0 Å². The van der Waals surface area contributed by atoms with Crippen LogP contribution >= 0.6 is 0 Å². The molecule has 0 saturated heterocycles. The summed E-state index contributed by atoms with van der Waals surface area (Å²) in [7, 11) is -3.41. The second-order valence-electron chi connectivity index (χ2n) is 4.02. The van der Waals surface area contributed by atoms with Gasteiger partial charge in [-0.1, -0.05) is 12.8 Å². The zero-order chi connectivity index (χ0) is 13.1. The molecule has 0 aliphatic heterocycles. The van der Waals surface area contributed by atoms with Crippen LogP contribution < -0.4 is 16.2 Å². The number of rotatable bonds is 10. The number of primary sulfonamides is 1. The van der Waals surface area contributed by atoms with E-state index in [1.54, 1.807) is 0 Å². The Kier molecular flexibility index (Phi) is 9.01. The summed E-state index contributed by atoms with van der Waals surface area (Å²) < 4.78 is 21.2. The molecular formula is C10H23N3O3S. The molecule has 0 unspecified atom stereocenters. The van der Waals surface area contributed by atoms with E-state index in [9.17, 15) is 13.2 Å². The molecule has 7 heteroatoms. The molecular weight excluding hydrogens is 242 g/mol. The van der Waals surface area contributed by atoms with Gasteiger partial charge in [-0.25, -0.2) is 13.6 Å². The third-order valence-corrected chi connectivity index (χ3v) is 3.14. The van der Waals surface area contributed by atoms with Gasteiger partial charge in [0.15, 0.2) is 0 Å². The number of sulfonamides is 1. The van der Waals surface area contributed by atoms with Crippen LogP contribution in [0.4, 0.5) is 0 Å². The van der Waals surface area contributed by atoms with Gasteiger partial charge in [-0.3, -0.25) is 4.79 Å². The number of unbranched alkanes of at least 4 members (excludes halogenated alkanes) is 3. The lowest BCUT2D eigenvalue weighted by Gasteiger charge is -2.04. The molecule has 0 saturated carbocycles. The lowest BCUT2D eigenvalue weighted by atomic mass is 10.1. The molecule has 0 aliphatic rings. The molecule has 0 heterocycles. The normalized spacial score (nSPS) is 11.4. The van der Waals surface area contributed by atoms with Crippen molar-refractivity contribution in [2.45, 2.75) is 38.5 Å². The quantitative estimate of drug-likeness (QED) is 0.470. The van der Waals surface area contributed by atoms with Crippen molar-refractivity contribution >= 4 is 15.9 Å². The average molecular weight is 265 g/mol. The van der Waals surface area contributed by atoms with Gasteiger partial charge in [0.25, 0.3) is 0 Å². The minimum Gasteiger partial charge on any atom is -0.356 e. The lowest BCUT2D eigenvalue weighted by Crippen LogP contribution is -2.27. The van der Waals surface area contributed by atoms with Crippen molar-refractivity contribution in [2.75, 3.05) is 18.8 Å². The smallest absolute Gasteiger partial charge is 0.219 e. The zero-order valence-corrected chi connectivity index (χ0v) is 11.0. The summed E-state index contributed by atoms with van der Waals surface area (Å²) in [4.78, 5) is 11.3. The molecule has 17 heavy (non-hydrogen) atoms. The minimum absolute atomic E-state index is 0.0350. The van der Waals surface area contributed by atoms with Crippen LogP contribution in [0.2, 0.25) is 0 Å². The first-order valence-electron chi connectivity index (χ1n) is 5.93. The molecule has 0 radical (unpaired) electrons. The highest BCUT2D eigenvalue weighted by Gasteiger charge is 2.03. The van der Waals surface area contributed by atoms with Crippen LogP contribution in [0, 0.1) is 0 Å². The van der Waals surface area contributed by atoms with Gasteiger partial charge in [-0.2, -0.15) is 0 Å². The first kappa shape index (κ1) is 16.3. The molecule has 0 aliphatic carbocycles. The van der Waals surface area contributed by atoms with Crippen LogP contribution in [0.1, 0.15) is 38.5 Å². The largest absolute Gasteiger partial charge is 0.356 e. The van der Waals surface area contributed by atoms with Crippen LogP contribution in [-0.4, -0.2) is 33.2 Å². The van der Waals surface area contributed by atoms with Crippen LogP contribution in [0.15, 0.2) is 0 Å². The molecule has 6 nitrogen and oxygen atoms in total. The van der Waals surface area contributed by atoms with Crippen molar-refractivity contribution in [1.82, 2.24) is 5.32 Å². The van der Waals surface area contributed by atoms with Crippen molar-refractivity contribution in [3.63, 3.8) is 0 Å². The SMILES string of the molecule is NCCCCCCC(=O)NCCCS(N)(=O)=O. The minimum atomic E-state index is -3.41. The van der Waals surface area contributed by atoms with Crippen LogP contribution in [0.25, 0.3) is 0 Å². The Morgan fingerprint density at radius 1 is 1.06 bits per heavy atom. The first-order chi connectivity index (χ1) is 7.95. The van der Waals surface area contributed by atoms with Gasteiger partial charge < -0.3 is 11.1 Å². The van der Waals surface area contributed by atoms with E-state index in [1.807, 2.05) is 0 Å². The fourth-order valence-electron chi connectivity index (χ4n) is 1.37. The maximum atomic E-state index is 11.3. The summed E-state index contributed by atoms with van der Waals surface area (Å²) in [5.41, 5.74) is 5.35. The summed E-state index contributed by atoms with van der Waals surface area (Å²) in [6, 6.07) is 0. The van der Waals surface area contributed by atoms with Gasteiger partial charge in [-0.15, -0.1) is 0 Å². The third kappa shape index (κ3) is 13.3. The van der Waals surface area contributed by atoms with Crippen molar-refractivity contribution in [2.24, 2.45) is 10.9 Å². The number of nitrogens with one attached hydrogen (secondary N) is 1. The molecule has 0 atom stereocenters. The molecule has 0 aromatic rings. The molecule has 0 bridgehead atoms.